The van der Waals surface area contributed by atoms with Gasteiger partial charge in [0, 0.05) is 12.7 Å². The number of carbonyl (C=O) groups is 1. The SMILES string of the molecule is COCOc1c(Br)cccc1C(C)C(=O)OC. The predicted octanol–water partition coefficient (Wildman–Crippen LogP) is 2.71. The van der Waals surface area contributed by atoms with Crippen LogP contribution in [-0.4, -0.2) is 27.0 Å². The highest BCUT2D eigenvalue weighted by Gasteiger charge is 2.21. The maximum Gasteiger partial charge on any atom is 0.312 e. The van der Waals surface area contributed by atoms with Crippen molar-refractivity contribution in [3.63, 3.8) is 0 Å². The van der Waals surface area contributed by atoms with Gasteiger partial charge in [0.2, 0.25) is 0 Å². The second-order valence-electron chi connectivity index (χ2n) is 3.45. The molecule has 1 atom stereocenters. The average molecular weight is 303 g/mol. The van der Waals surface area contributed by atoms with Crippen LogP contribution in [0.1, 0.15) is 18.4 Å². The van der Waals surface area contributed by atoms with E-state index < -0.39 is 0 Å². The van der Waals surface area contributed by atoms with Crippen molar-refractivity contribution < 1.29 is 19.0 Å². The van der Waals surface area contributed by atoms with Crippen molar-refractivity contribution in [2.24, 2.45) is 0 Å². The minimum atomic E-state index is -0.385. The molecule has 0 spiro atoms. The van der Waals surface area contributed by atoms with Crippen LogP contribution in [0.4, 0.5) is 0 Å². The largest absolute Gasteiger partial charge is 0.469 e. The molecular weight excluding hydrogens is 288 g/mol. The van der Waals surface area contributed by atoms with Crippen LogP contribution < -0.4 is 4.74 Å². The van der Waals surface area contributed by atoms with Crippen molar-refractivity contribution in [2.45, 2.75) is 12.8 Å². The molecule has 0 aliphatic carbocycles. The van der Waals surface area contributed by atoms with E-state index in [1.807, 2.05) is 18.2 Å². The predicted molar refractivity (Wildman–Crippen MR) is 67.1 cm³/mol. The van der Waals surface area contributed by atoms with Crippen LogP contribution in [0.2, 0.25) is 0 Å². The molecule has 0 radical (unpaired) electrons. The van der Waals surface area contributed by atoms with E-state index in [1.54, 1.807) is 14.0 Å². The van der Waals surface area contributed by atoms with E-state index in [0.717, 1.165) is 10.0 Å². The molecule has 1 unspecified atom stereocenters. The van der Waals surface area contributed by atoms with Crippen LogP contribution in [-0.2, 0) is 14.3 Å². The van der Waals surface area contributed by atoms with E-state index in [2.05, 4.69) is 15.9 Å². The molecule has 0 aliphatic heterocycles. The first kappa shape index (κ1) is 14.0. The molecule has 0 bridgehead atoms. The number of benzene rings is 1. The summed E-state index contributed by atoms with van der Waals surface area (Å²) in [4.78, 5) is 11.5. The number of ether oxygens (including phenoxy) is 3. The standard InChI is InChI=1S/C12H15BrO4/c1-8(12(14)16-3)9-5-4-6-10(13)11(9)17-7-15-2/h4-6,8H,7H2,1-3H3. The van der Waals surface area contributed by atoms with Gasteiger partial charge in [-0.2, -0.15) is 0 Å². The molecule has 5 heteroatoms. The lowest BCUT2D eigenvalue weighted by molar-refractivity contribution is -0.142. The van der Waals surface area contributed by atoms with Gasteiger partial charge in [0.05, 0.1) is 17.5 Å². The van der Waals surface area contributed by atoms with Crippen LogP contribution >= 0.6 is 15.9 Å². The molecule has 0 amide bonds. The lowest BCUT2D eigenvalue weighted by Gasteiger charge is -2.16. The Morgan fingerprint density at radius 3 is 2.71 bits per heavy atom. The van der Waals surface area contributed by atoms with Crippen LogP contribution in [0.3, 0.4) is 0 Å². The number of hydrogen-bond acceptors (Lipinski definition) is 4. The van der Waals surface area contributed by atoms with E-state index in [4.69, 9.17) is 14.2 Å². The molecule has 1 rings (SSSR count). The van der Waals surface area contributed by atoms with E-state index in [-0.39, 0.29) is 18.7 Å². The normalized spacial score (nSPS) is 12.0. The smallest absolute Gasteiger partial charge is 0.312 e. The van der Waals surface area contributed by atoms with Crippen LogP contribution in [0.15, 0.2) is 22.7 Å². The molecule has 0 saturated heterocycles. The summed E-state index contributed by atoms with van der Waals surface area (Å²) < 4.78 is 15.8. The molecule has 0 saturated carbocycles. The molecule has 0 aromatic heterocycles. The van der Waals surface area contributed by atoms with Gasteiger partial charge < -0.3 is 14.2 Å². The molecule has 1 aromatic carbocycles. The Morgan fingerprint density at radius 1 is 1.41 bits per heavy atom. The second kappa shape index (κ2) is 6.61. The van der Waals surface area contributed by atoms with Gasteiger partial charge in [0.15, 0.2) is 6.79 Å². The first-order chi connectivity index (χ1) is 8.11. The third kappa shape index (κ3) is 3.44. The van der Waals surface area contributed by atoms with Crippen LogP contribution in [0.5, 0.6) is 5.75 Å². The molecule has 0 heterocycles. The summed E-state index contributed by atoms with van der Waals surface area (Å²) in [6.07, 6.45) is 0. The van der Waals surface area contributed by atoms with E-state index >= 15 is 0 Å². The van der Waals surface area contributed by atoms with Gasteiger partial charge in [-0.25, -0.2) is 0 Å². The van der Waals surface area contributed by atoms with E-state index in [0.29, 0.717) is 5.75 Å². The zero-order valence-corrected chi connectivity index (χ0v) is 11.6. The number of hydrogen-bond donors (Lipinski definition) is 0. The summed E-state index contributed by atoms with van der Waals surface area (Å²) in [6, 6.07) is 5.52. The minimum Gasteiger partial charge on any atom is -0.469 e. The molecule has 1 aromatic rings. The maximum absolute atomic E-state index is 11.5. The average Bonchev–Trinajstić information content (AvgIpc) is 2.35. The lowest BCUT2D eigenvalue weighted by Crippen LogP contribution is -2.13. The van der Waals surface area contributed by atoms with Crippen molar-refractivity contribution in [2.75, 3.05) is 21.0 Å². The fraction of sp³-hybridized carbons (Fsp3) is 0.417. The molecule has 4 nitrogen and oxygen atoms in total. The van der Waals surface area contributed by atoms with Gasteiger partial charge in [-0.3, -0.25) is 4.79 Å². The fourth-order valence-electron chi connectivity index (χ4n) is 1.44. The van der Waals surface area contributed by atoms with Crippen LogP contribution in [0, 0.1) is 0 Å². The number of methoxy groups -OCH3 is 2. The Morgan fingerprint density at radius 2 is 2.12 bits per heavy atom. The second-order valence-corrected chi connectivity index (χ2v) is 4.31. The number of para-hydroxylation sites is 1. The zero-order valence-electron chi connectivity index (χ0n) is 10.0. The number of carbonyl (C=O) groups excluding carboxylic acids is 1. The van der Waals surface area contributed by atoms with E-state index in [1.165, 1.54) is 7.11 Å². The van der Waals surface area contributed by atoms with Gasteiger partial charge in [-0.05, 0) is 28.9 Å². The van der Waals surface area contributed by atoms with Crippen molar-refractivity contribution >= 4 is 21.9 Å². The van der Waals surface area contributed by atoms with E-state index in [9.17, 15) is 4.79 Å². The first-order valence-electron chi connectivity index (χ1n) is 5.09. The van der Waals surface area contributed by atoms with Gasteiger partial charge in [0.1, 0.15) is 5.75 Å². The highest BCUT2D eigenvalue weighted by atomic mass is 79.9. The first-order valence-corrected chi connectivity index (χ1v) is 5.89. The summed E-state index contributed by atoms with van der Waals surface area (Å²) in [5.41, 5.74) is 0.767. The third-order valence-corrected chi connectivity index (χ3v) is 2.96. The molecule has 94 valence electrons. The maximum atomic E-state index is 11.5. The molecule has 17 heavy (non-hydrogen) atoms. The monoisotopic (exact) mass is 302 g/mol. The van der Waals surface area contributed by atoms with Crippen LogP contribution in [0.25, 0.3) is 0 Å². The van der Waals surface area contributed by atoms with Gasteiger partial charge in [0.25, 0.3) is 0 Å². The summed E-state index contributed by atoms with van der Waals surface area (Å²) in [5, 5.41) is 0. The Balaban J connectivity index is 3.05. The highest BCUT2D eigenvalue weighted by Crippen LogP contribution is 2.34. The quantitative estimate of drug-likeness (QED) is 0.620. The fourth-order valence-corrected chi connectivity index (χ4v) is 1.94. The Hall–Kier alpha value is -1.07. The summed E-state index contributed by atoms with van der Waals surface area (Å²) in [5.74, 6) is -0.0815. The Labute approximate surface area is 109 Å². The number of esters is 1. The van der Waals surface area contributed by atoms with Crippen molar-refractivity contribution in [3.8, 4) is 5.75 Å². The third-order valence-electron chi connectivity index (χ3n) is 2.34. The molecular formula is C12H15BrO4. The number of rotatable bonds is 5. The Kier molecular flexibility index (Phi) is 5.44. The molecule has 0 N–H and O–H groups in total. The summed E-state index contributed by atoms with van der Waals surface area (Å²) >= 11 is 3.38. The zero-order chi connectivity index (χ0) is 12.8. The van der Waals surface area contributed by atoms with Gasteiger partial charge in [-0.1, -0.05) is 12.1 Å². The van der Waals surface area contributed by atoms with Gasteiger partial charge >= 0.3 is 5.97 Å². The summed E-state index contributed by atoms with van der Waals surface area (Å²) in [6.45, 7) is 1.90. The molecule has 0 aliphatic rings. The van der Waals surface area contributed by atoms with Crippen molar-refractivity contribution in [1.82, 2.24) is 0 Å². The van der Waals surface area contributed by atoms with Crippen molar-refractivity contribution in [1.29, 1.82) is 0 Å². The lowest BCUT2D eigenvalue weighted by atomic mass is 10.0. The van der Waals surface area contributed by atoms with Gasteiger partial charge in [-0.15, -0.1) is 0 Å². The minimum absolute atomic E-state index is 0.128. The summed E-state index contributed by atoms with van der Waals surface area (Å²) in [7, 11) is 2.91. The number of halogens is 1. The topological polar surface area (TPSA) is 44.8 Å². The highest BCUT2D eigenvalue weighted by molar-refractivity contribution is 9.10. The van der Waals surface area contributed by atoms with Crippen molar-refractivity contribution in [3.05, 3.63) is 28.2 Å². The Bertz CT molecular complexity index is 392. The molecule has 0 fully saturated rings.